The van der Waals surface area contributed by atoms with Gasteiger partial charge in [0.2, 0.25) is 5.91 Å². The Kier molecular flexibility index (Phi) is 6.33. The molecule has 1 fully saturated rings. The molecule has 0 radical (unpaired) electrons. The number of halogens is 1. The maximum Gasteiger partial charge on any atom is 0.240 e. The number of carbonyl (C=O) groups excluding carboxylic acids is 1. The van der Waals surface area contributed by atoms with Gasteiger partial charge in [0.1, 0.15) is 0 Å². The number of hydrogen-bond donors (Lipinski definition) is 1. The summed E-state index contributed by atoms with van der Waals surface area (Å²) in [5, 5.41) is 3.43. The zero-order valence-electron chi connectivity index (χ0n) is 15.1. The van der Waals surface area contributed by atoms with Gasteiger partial charge in [-0.2, -0.15) is 0 Å². The second kappa shape index (κ2) is 8.70. The van der Waals surface area contributed by atoms with E-state index in [0.29, 0.717) is 5.92 Å². The number of rotatable bonds is 3. The van der Waals surface area contributed by atoms with Crippen LogP contribution in [0, 0.1) is 5.92 Å². The molecule has 0 aromatic heterocycles. The minimum absolute atomic E-state index is 0. The lowest BCUT2D eigenvalue weighted by Crippen LogP contribution is -2.51. The van der Waals surface area contributed by atoms with Crippen LogP contribution in [0.15, 0.2) is 54.6 Å². The van der Waals surface area contributed by atoms with Crippen molar-refractivity contribution in [2.24, 2.45) is 5.92 Å². The molecule has 0 spiro atoms. The molecule has 1 atom stereocenters. The van der Waals surface area contributed by atoms with E-state index >= 15 is 0 Å². The van der Waals surface area contributed by atoms with Gasteiger partial charge in [-0.25, -0.2) is 0 Å². The fraction of sp³-hybridized carbons (Fsp3) is 0.409. The largest absolute Gasteiger partial charge is 0.341 e. The molecular formula is C22H27ClN2O. The van der Waals surface area contributed by atoms with Crippen molar-refractivity contribution in [1.29, 1.82) is 0 Å². The van der Waals surface area contributed by atoms with Gasteiger partial charge in [-0.05, 0) is 48.3 Å². The quantitative estimate of drug-likeness (QED) is 0.895. The van der Waals surface area contributed by atoms with Crippen LogP contribution in [-0.4, -0.2) is 29.9 Å². The third-order valence-corrected chi connectivity index (χ3v) is 5.67. The maximum atomic E-state index is 12.9. The van der Waals surface area contributed by atoms with Gasteiger partial charge in [0, 0.05) is 19.6 Å². The fourth-order valence-corrected chi connectivity index (χ4v) is 4.15. The molecule has 2 aromatic rings. The number of nitrogens with zero attached hydrogens (tertiary/aromatic N) is 1. The topological polar surface area (TPSA) is 32.3 Å². The number of nitrogens with one attached hydrogen (secondary N) is 1. The molecule has 0 bridgehead atoms. The van der Waals surface area contributed by atoms with E-state index in [9.17, 15) is 4.79 Å². The molecule has 2 heterocycles. The molecule has 2 aliphatic rings. The monoisotopic (exact) mass is 370 g/mol. The van der Waals surface area contributed by atoms with Gasteiger partial charge in [-0.1, -0.05) is 54.6 Å². The van der Waals surface area contributed by atoms with Crippen LogP contribution in [0.5, 0.6) is 0 Å². The highest BCUT2D eigenvalue weighted by atomic mass is 35.5. The molecule has 4 heteroatoms. The Bertz CT molecular complexity index is 726. The zero-order chi connectivity index (χ0) is 17.1. The summed E-state index contributed by atoms with van der Waals surface area (Å²) in [4.78, 5) is 15.0. The lowest BCUT2D eigenvalue weighted by Gasteiger charge is -2.36. The van der Waals surface area contributed by atoms with Crippen LogP contribution in [0.4, 0.5) is 0 Å². The summed E-state index contributed by atoms with van der Waals surface area (Å²) < 4.78 is 0. The number of hydrogen-bond acceptors (Lipinski definition) is 2. The molecule has 1 saturated heterocycles. The van der Waals surface area contributed by atoms with Crippen LogP contribution in [0.25, 0.3) is 0 Å². The summed E-state index contributed by atoms with van der Waals surface area (Å²) in [7, 11) is 0. The fourth-order valence-electron chi connectivity index (χ4n) is 4.15. The Balaban J connectivity index is 0.00000196. The Hall–Kier alpha value is -1.84. The number of likely N-dealkylation sites (tertiary alicyclic amines) is 1. The van der Waals surface area contributed by atoms with E-state index in [4.69, 9.17) is 0 Å². The lowest BCUT2D eigenvalue weighted by molar-refractivity contribution is -0.135. The molecule has 4 rings (SSSR count). The van der Waals surface area contributed by atoms with Gasteiger partial charge in [0.05, 0.1) is 6.04 Å². The molecule has 26 heavy (non-hydrogen) atoms. The molecule has 2 aliphatic heterocycles. The predicted octanol–water partition coefficient (Wildman–Crippen LogP) is 3.60. The van der Waals surface area contributed by atoms with Gasteiger partial charge in [-0.15, -0.1) is 12.4 Å². The highest BCUT2D eigenvalue weighted by Crippen LogP contribution is 2.23. The van der Waals surface area contributed by atoms with Gasteiger partial charge < -0.3 is 10.2 Å². The Morgan fingerprint density at radius 2 is 1.62 bits per heavy atom. The first kappa shape index (κ1) is 18.9. The van der Waals surface area contributed by atoms with Crippen molar-refractivity contribution in [3.63, 3.8) is 0 Å². The highest BCUT2D eigenvalue weighted by molar-refractivity contribution is 5.85. The number of carbonyl (C=O) groups is 1. The van der Waals surface area contributed by atoms with Crippen molar-refractivity contribution >= 4 is 18.3 Å². The summed E-state index contributed by atoms with van der Waals surface area (Å²) in [5.41, 5.74) is 4.06. The summed E-state index contributed by atoms with van der Waals surface area (Å²) >= 11 is 0. The molecule has 138 valence electrons. The van der Waals surface area contributed by atoms with Gasteiger partial charge in [-0.3, -0.25) is 4.79 Å². The third kappa shape index (κ3) is 4.28. The van der Waals surface area contributed by atoms with Crippen molar-refractivity contribution in [2.45, 2.75) is 38.3 Å². The van der Waals surface area contributed by atoms with Crippen molar-refractivity contribution in [3.05, 3.63) is 71.3 Å². The maximum absolute atomic E-state index is 12.9. The molecule has 3 nitrogen and oxygen atoms in total. The molecule has 1 N–H and O–H groups in total. The van der Waals surface area contributed by atoms with Gasteiger partial charge in [0.25, 0.3) is 0 Å². The molecule has 2 aromatic carbocycles. The van der Waals surface area contributed by atoms with E-state index in [1.165, 1.54) is 16.7 Å². The molecule has 1 unspecified atom stereocenters. The van der Waals surface area contributed by atoms with Crippen molar-refractivity contribution < 1.29 is 4.79 Å². The van der Waals surface area contributed by atoms with E-state index in [-0.39, 0.29) is 24.4 Å². The highest BCUT2D eigenvalue weighted by Gasteiger charge is 2.30. The number of fused-ring (bicyclic) bond motifs is 1. The second-order valence-electron chi connectivity index (χ2n) is 7.36. The van der Waals surface area contributed by atoms with Crippen molar-refractivity contribution in [2.75, 3.05) is 13.1 Å². The predicted molar refractivity (Wildman–Crippen MR) is 107 cm³/mol. The van der Waals surface area contributed by atoms with E-state index < -0.39 is 0 Å². The summed E-state index contributed by atoms with van der Waals surface area (Å²) in [6.07, 6.45) is 4.19. The van der Waals surface area contributed by atoms with Crippen LogP contribution in [0.1, 0.15) is 29.5 Å². The van der Waals surface area contributed by atoms with Crippen LogP contribution in [0.3, 0.4) is 0 Å². The summed E-state index contributed by atoms with van der Waals surface area (Å²) in [6, 6.07) is 19.1. The Morgan fingerprint density at radius 1 is 0.962 bits per heavy atom. The Morgan fingerprint density at radius 3 is 2.35 bits per heavy atom. The van der Waals surface area contributed by atoms with Crippen molar-refractivity contribution in [3.8, 4) is 0 Å². The molecule has 0 aliphatic carbocycles. The third-order valence-electron chi connectivity index (χ3n) is 5.67. The lowest BCUT2D eigenvalue weighted by atomic mass is 9.89. The average Bonchev–Trinajstić information content (AvgIpc) is 2.68. The van der Waals surface area contributed by atoms with Crippen molar-refractivity contribution in [1.82, 2.24) is 10.2 Å². The first-order valence-corrected chi connectivity index (χ1v) is 9.42. The van der Waals surface area contributed by atoms with Gasteiger partial charge in [0.15, 0.2) is 0 Å². The van der Waals surface area contributed by atoms with Crippen LogP contribution in [-0.2, 0) is 24.2 Å². The number of piperidine rings is 1. The number of amides is 1. The standard InChI is InChI=1S/C22H26N2O.ClH/c25-22(21-15-19-8-4-5-9-20(19)16-23-21)24-12-10-18(11-13-24)14-17-6-2-1-3-7-17;/h1-9,18,21,23H,10-16H2;1H. The minimum Gasteiger partial charge on any atom is -0.341 e. The van der Waals surface area contributed by atoms with Gasteiger partial charge >= 0.3 is 0 Å². The molecule has 0 saturated carbocycles. The summed E-state index contributed by atoms with van der Waals surface area (Å²) in [5.74, 6) is 0.985. The van der Waals surface area contributed by atoms with Crippen LogP contribution in [0.2, 0.25) is 0 Å². The number of benzene rings is 2. The summed E-state index contributed by atoms with van der Waals surface area (Å²) in [6.45, 7) is 2.60. The molecular weight excluding hydrogens is 344 g/mol. The van der Waals surface area contributed by atoms with Crippen LogP contribution >= 0.6 is 12.4 Å². The second-order valence-corrected chi connectivity index (χ2v) is 7.36. The average molecular weight is 371 g/mol. The van der Waals surface area contributed by atoms with E-state index in [0.717, 1.165) is 45.3 Å². The smallest absolute Gasteiger partial charge is 0.240 e. The molecule has 1 amide bonds. The normalized spacial score (nSPS) is 20.2. The van der Waals surface area contributed by atoms with Crippen LogP contribution < -0.4 is 5.32 Å². The minimum atomic E-state index is -0.0550. The van der Waals surface area contributed by atoms with E-state index in [2.05, 4.69) is 64.8 Å². The first-order valence-electron chi connectivity index (χ1n) is 9.42. The SMILES string of the molecule is Cl.O=C(C1Cc2ccccc2CN1)N1CCC(Cc2ccccc2)CC1. The zero-order valence-corrected chi connectivity index (χ0v) is 15.9. The van der Waals surface area contributed by atoms with E-state index in [1.807, 2.05) is 0 Å². The van der Waals surface area contributed by atoms with E-state index in [1.54, 1.807) is 0 Å². The Labute approximate surface area is 162 Å². The first-order chi connectivity index (χ1) is 12.3.